The topological polar surface area (TPSA) is 63.4 Å². The van der Waals surface area contributed by atoms with Gasteiger partial charge in [0.25, 0.3) is 0 Å². The molecule has 4 heteroatoms. The van der Waals surface area contributed by atoms with Crippen molar-refractivity contribution in [1.29, 1.82) is 0 Å². The van der Waals surface area contributed by atoms with Gasteiger partial charge in [0.15, 0.2) is 0 Å². The van der Waals surface area contributed by atoms with Crippen molar-refractivity contribution in [1.82, 2.24) is 4.90 Å². The van der Waals surface area contributed by atoms with Crippen molar-refractivity contribution in [2.45, 2.75) is 57.5 Å². The van der Waals surface area contributed by atoms with E-state index in [1.807, 2.05) is 12.1 Å². The average Bonchev–Trinajstić information content (AvgIpc) is 3.20. The molecule has 3 aliphatic carbocycles. The van der Waals surface area contributed by atoms with E-state index in [4.69, 9.17) is 5.73 Å². The van der Waals surface area contributed by atoms with E-state index in [1.165, 1.54) is 25.7 Å². The second-order valence-corrected chi connectivity index (χ2v) is 7.95. The maximum atomic E-state index is 12.9. The van der Waals surface area contributed by atoms with Crippen LogP contribution in [-0.2, 0) is 11.3 Å². The second-order valence-electron chi connectivity index (χ2n) is 7.95. The summed E-state index contributed by atoms with van der Waals surface area (Å²) in [5.74, 6) is 2.23. The summed E-state index contributed by atoms with van der Waals surface area (Å²) in [6, 6.07) is 7.76. The SMILES string of the molecule is NC(=O)c1ccc(CN(C(=O)CC2CC3CCC2C3)C2CC2)cc1. The lowest BCUT2D eigenvalue weighted by Crippen LogP contribution is -2.34. The zero-order chi connectivity index (χ0) is 16.7. The first-order valence-corrected chi connectivity index (χ1v) is 9.28. The molecule has 2 N–H and O–H groups in total. The van der Waals surface area contributed by atoms with Crippen LogP contribution in [0.4, 0.5) is 0 Å². The van der Waals surface area contributed by atoms with Crippen LogP contribution in [0.25, 0.3) is 0 Å². The molecule has 2 amide bonds. The van der Waals surface area contributed by atoms with Crippen LogP contribution in [0.3, 0.4) is 0 Å². The fraction of sp³-hybridized carbons (Fsp3) is 0.600. The van der Waals surface area contributed by atoms with Gasteiger partial charge in [0.2, 0.25) is 11.8 Å². The van der Waals surface area contributed by atoms with Crippen molar-refractivity contribution in [3.05, 3.63) is 35.4 Å². The molecule has 24 heavy (non-hydrogen) atoms. The maximum Gasteiger partial charge on any atom is 0.248 e. The molecule has 3 fully saturated rings. The number of hydrogen-bond acceptors (Lipinski definition) is 2. The fourth-order valence-corrected chi connectivity index (χ4v) is 4.75. The smallest absolute Gasteiger partial charge is 0.248 e. The number of nitrogens with two attached hydrogens (primary N) is 1. The summed E-state index contributed by atoms with van der Waals surface area (Å²) in [7, 11) is 0. The van der Waals surface area contributed by atoms with Crippen molar-refractivity contribution >= 4 is 11.8 Å². The molecule has 3 unspecified atom stereocenters. The first kappa shape index (κ1) is 15.7. The summed E-state index contributed by atoms with van der Waals surface area (Å²) in [5, 5.41) is 0. The highest BCUT2D eigenvalue weighted by molar-refractivity contribution is 5.92. The molecule has 4 rings (SSSR count). The number of primary amides is 1. The molecule has 3 atom stereocenters. The van der Waals surface area contributed by atoms with Crippen molar-refractivity contribution in [3.8, 4) is 0 Å². The van der Waals surface area contributed by atoms with Crippen LogP contribution < -0.4 is 5.73 Å². The number of fused-ring (bicyclic) bond motifs is 2. The van der Waals surface area contributed by atoms with Gasteiger partial charge in [-0.25, -0.2) is 0 Å². The normalized spacial score (nSPS) is 28.1. The van der Waals surface area contributed by atoms with Gasteiger partial charge < -0.3 is 10.6 Å². The zero-order valence-corrected chi connectivity index (χ0v) is 14.1. The van der Waals surface area contributed by atoms with E-state index in [-0.39, 0.29) is 0 Å². The molecule has 0 spiro atoms. The largest absolute Gasteiger partial charge is 0.366 e. The summed E-state index contributed by atoms with van der Waals surface area (Å²) in [4.78, 5) is 26.1. The Balaban J connectivity index is 1.40. The lowest BCUT2D eigenvalue weighted by atomic mass is 9.86. The number of benzene rings is 1. The van der Waals surface area contributed by atoms with Gasteiger partial charge in [0.05, 0.1) is 0 Å². The van der Waals surface area contributed by atoms with Gasteiger partial charge in [-0.2, -0.15) is 0 Å². The average molecular weight is 326 g/mol. The van der Waals surface area contributed by atoms with Crippen molar-refractivity contribution < 1.29 is 9.59 Å². The first-order chi connectivity index (χ1) is 11.6. The first-order valence-electron chi connectivity index (χ1n) is 9.28. The van der Waals surface area contributed by atoms with Crippen LogP contribution in [0.15, 0.2) is 24.3 Å². The number of carbonyl (C=O) groups excluding carboxylic acids is 2. The van der Waals surface area contributed by atoms with Gasteiger partial charge in [0.1, 0.15) is 0 Å². The maximum absolute atomic E-state index is 12.9. The third-order valence-electron chi connectivity index (χ3n) is 6.22. The number of rotatable bonds is 6. The Labute approximate surface area is 143 Å². The molecule has 0 radical (unpaired) electrons. The number of carbonyl (C=O) groups is 2. The molecule has 2 bridgehead atoms. The molecular formula is C20H26N2O2. The summed E-state index contributed by atoms with van der Waals surface area (Å²) in [5.41, 5.74) is 6.88. The standard InChI is InChI=1S/C20H26N2O2/c21-20(24)15-4-1-13(2-5-15)12-22(18-7-8-18)19(23)11-17-10-14-3-6-16(17)9-14/h1-2,4-5,14,16-18H,3,6-12H2,(H2,21,24). The minimum atomic E-state index is -0.409. The van der Waals surface area contributed by atoms with E-state index in [0.29, 0.717) is 30.0 Å². The molecule has 3 saturated carbocycles. The third-order valence-corrected chi connectivity index (χ3v) is 6.22. The van der Waals surface area contributed by atoms with Gasteiger partial charge >= 0.3 is 0 Å². The highest BCUT2D eigenvalue weighted by atomic mass is 16.2. The predicted octanol–water partition coefficient (Wildman–Crippen LogP) is 3.10. The monoisotopic (exact) mass is 326 g/mol. The lowest BCUT2D eigenvalue weighted by molar-refractivity contribution is -0.133. The molecule has 0 aromatic heterocycles. The molecular weight excluding hydrogens is 300 g/mol. The minimum absolute atomic E-state index is 0.328. The van der Waals surface area contributed by atoms with E-state index in [9.17, 15) is 9.59 Å². The van der Waals surface area contributed by atoms with E-state index >= 15 is 0 Å². The van der Waals surface area contributed by atoms with Crippen molar-refractivity contribution in [2.75, 3.05) is 0 Å². The molecule has 1 aromatic rings. The Morgan fingerprint density at radius 3 is 2.33 bits per heavy atom. The molecule has 1 aromatic carbocycles. The van der Waals surface area contributed by atoms with E-state index in [0.717, 1.165) is 36.7 Å². The highest BCUT2D eigenvalue weighted by Gasteiger charge is 2.42. The summed E-state index contributed by atoms with van der Waals surface area (Å²) < 4.78 is 0. The summed E-state index contributed by atoms with van der Waals surface area (Å²) in [6.45, 7) is 0.656. The summed E-state index contributed by atoms with van der Waals surface area (Å²) in [6.07, 6.45) is 8.33. The second kappa shape index (κ2) is 6.23. The van der Waals surface area contributed by atoms with Crippen molar-refractivity contribution in [3.63, 3.8) is 0 Å². The van der Waals surface area contributed by atoms with Gasteiger partial charge in [-0.15, -0.1) is 0 Å². The van der Waals surface area contributed by atoms with Gasteiger partial charge in [-0.1, -0.05) is 18.6 Å². The number of nitrogens with zero attached hydrogens (tertiary/aromatic N) is 1. The van der Waals surface area contributed by atoms with Gasteiger partial charge in [-0.05, 0) is 67.6 Å². The molecule has 0 saturated heterocycles. The lowest BCUT2D eigenvalue weighted by Gasteiger charge is -2.27. The zero-order valence-electron chi connectivity index (χ0n) is 14.1. The van der Waals surface area contributed by atoms with E-state index in [1.54, 1.807) is 12.1 Å². The summed E-state index contributed by atoms with van der Waals surface area (Å²) >= 11 is 0. The molecule has 3 aliphatic rings. The van der Waals surface area contributed by atoms with Crippen LogP contribution in [0.5, 0.6) is 0 Å². The predicted molar refractivity (Wildman–Crippen MR) is 92.1 cm³/mol. The van der Waals surface area contributed by atoms with Crippen LogP contribution >= 0.6 is 0 Å². The van der Waals surface area contributed by atoms with Gasteiger partial charge in [-0.3, -0.25) is 9.59 Å². The molecule has 0 heterocycles. The quantitative estimate of drug-likeness (QED) is 0.873. The van der Waals surface area contributed by atoms with Crippen LogP contribution in [0.2, 0.25) is 0 Å². The van der Waals surface area contributed by atoms with Crippen LogP contribution in [-0.4, -0.2) is 22.8 Å². The molecule has 128 valence electrons. The van der Waals surface area contributed by atoms with Crippen LogP contribution in [0, 0.1) is 17.8 Å². The Hall–Kier alpha value is -1.84. The molecule has 4 nitrogen and oxygen atoms in total. The number of hydrogen-bond donors (Lipinski definition) is 1. The molecule has 0 aliphatic heterocycles. The Kier molecular flexibility index (Phi) is 4.07. The Bertz CT molecular complexity index is 636. The van der Waals surface area contributed by atoms with E-state index in [2.05, 4.69) is 4.90 Å². The number of amides is 2. The third kappa shape index (κ3) is 3.19. The highest BCUT2D eigenvalue weighted by Crippen LogP contribution is 2.49. The fourth-order valence-electron chi connectivity index (χ4n) is 4.75. The van der Waals surface area contributed by atoms with Gasteiger partial charge in [0, 0.05) is 24.6 Å². The minimum Gasteiger partial charge on any atom is -0.366 e. The Morgan fingerprint density at radius 1 is 1.04 bits per heavy atom. The Morgan fingerprint density at radius 2 is 1.79 bits per heavy atom. The van der Waals surface area contributed by atoms with Crippen molar-refractivity contribution in [2.24, 2.45) is 23.5 Å². The van der Waals surface area contributed by atoms with E-state index < -0.39 is 5.91 Å². The van der Waals surface area contributed by atoms with Crippen LogP contribution in [0.1, 0.15) is 60.9 Å².